The van der Waals surface area contributed by atoms with Crippen LogP contribution in [0.2, 0.25) is 0 Å². The molecule has 0 unspecified atom stereocenters. The first-order valence-electron chi connectivity index (χ1n) is 6.99. The molecular formula is C17H14N2O4. The van der Waals surface area contributed by atoms with Crippen LogP contribution in [0.5, 0.6) is 5.75 Å². The third-order valence-electron chi connectivity index (χ3n) is 3.61. The van der Waals surface area contributed by atoms with Gasteiger partial charge in [0.2, 0.25) is 11.7 Å². The van der Waals surface area contributed by atoms with E-state index in [9.17, 15) is 14.4 Å². The van der Waals surface area contributed by atoms with Gasteiger partial charge in [-0.3, -0.25) is 14.4 Å². The van der Waals surface area contributed by atoms with Crippen molar-refractivity contribution in [2.24, 2.45) is 0 Å². The number of hydrogen-bond acceptors (Lipinski definition) is 4. The van der Waals surface area contributed by atoms with E-state index < -0.39 is 23.5 Å². The molecule has 0 radical (unpaired) electrons. The van der Waals surface area contributed by atoms with Crippen molar-refractivity contribution in [1.29, 1.82) is 0 Å². The van der Waals surface area contributed by atoms with Crippen molar-refractivity contribution in [2.75, 3.05) is 17.7 Å². The van der Waals surface area contributed by atoms with Crippen molar-refractivity contribution < 1.29 is 19.1 Å². The van der Waals surface area contributed by atoms with Crippen LogP contribution in [0.4, 0.5) is 11.4 Å². The van der Waals surface area contributed by atoms with Crippen LogP contribution < -0.4 is 15.4 Å². The molecule has 2 aromatic rings. The molecule has 3 rings (SSSR count). The normalized spacial score (nSPS) is 15.5. The van der Waals surface area contributed by atoms with Gasteiger partial charge in [-0.15, -0.1) is 0 Å². The quantitative estimate of drug-likeness (QED) is 0.667. The highest BCUT2D eigenvalue weighted by molar-refractivity contribution is 6.47. The molecule has 1 heterocycles. The van der Waals surface area contributed by atoms with Gasteiger partial charge in [0, 0.05) is 17.4 Å². The molecule has 2 aromatic carbocycles. The minimum Gasteiger partial charge on any atom is -0.497 e. The van der Waals surface area contributed by atoms with Crippen molar-refractivity contribution in [3.05, 3.63) is 54.1 Å². The van der Waals surface area contributed by atoms with E-state index in [4.69, 9.17) is 4.74 Å². The Kier molecular flexibility index (Phi) is 3.80. The van der Waals surface area contributed by atoms with Crippen LogP contribution >= 0.6 is 0 Å². The van der Waals surface area contributed by atoms with E-state index >= 15 is 0 Å². The van der Waals surface area contributed by atoms with Gasteiger partial charge in [-0.2, -0.15) is 0 Å². The Bertz CT molecular complexity index is 801. The van der Waals surface area contributed by atoms with Crippen LogP contribution in [0.25, 0.3) is 0 Å². The highest BCUT2D eigenvalue weighted by atomic mass is 16.5. The number of nitrogens with one attached hydrogen (secondary N) is 2. The monoisotopic (exact) mass is 310 g/mol. The van der Waals surface area contributed by atoms with Crippen LogP contribution in [0, 0.1) is 0 Å². The lowest BCUT2D eigenvalue weighted by Gasteiger charge is -2.09. The molecule has 0 aromatic heterocycles. The van der Waals surface area contributed by atoms with E-state index in [1.165, 1.54) is 7.11 Å². The molecular weight excluding hydrogens is 296 g/mol. The Morgan fingerprint density at radius 3 is 2.70 bits per heavy atom. The first kappa shape index (κ1) is 14.8. The second-order valence-electron chi connectivity index (χ2n) is 5.06. The fraction of sp³-hybridized carbons (Fsp3) is 0.118. The number of anilines is 2. The summed E-state index contributed by atoms with van der Waals surface area (Å²) in [6, 6.07) is 13.5. The van der Waals surface area contributed by atoms with E-state index in [2.05, 4.69) is 10.6 Å². The van der Waals surface area contributed by atoms with Gasteiger partial charge in [0.25, 0.3) is 5.91 Å². The molecule has 1 atom stereocenters. The summed E-state index contributed by atoms with van der Waals surface area (Å²) < 4.78 is 5.06. The summed E-state index contributed by atoms with van der Waals surface area (Å²) >= 11 is 0. The number of carbonyl (C=O) groups excluding carboxylic acids is 3. The lowest BCUT2D eigenvalue weighted by atomic mass is 9.95. The SMILES string of the molecule is COc1cccc(NC(=O)C(=O)[C@H]2C(=O)Nc3ccccc32)c1. The second-order valence-corrected chi connectivity index (χ2v) is 5.06. The van der Waals surface area contributed by atoms with Crippen molar-refractivity contribution in [3.63, 3.8) is 0 Å². The molecule has 0 fully saturated rings. The van der Waals surface area contributed by atoms with Crippen LogP contribution in [-0.4, -0.2) is 24.7 Å². The first-order valence-corrected chi connectivity index (χ1v) is 6.99. The van der Waals surface area contributed by atoms with E-state index in [-0.39, 0.29) is 0 Å². The Hall–Kier alpha value is -3.15. The number of amides is 2. The topological polar surface area (TPSA) is 84.5 Å². The fourth-order valence-corrected chi connectivity index (χ4v) is 2.49. The Balaban J connectivity index is 1.80. The average molecular weight is 310 g/mol. The number of ketones is 1. The number of para-hydroxylation sites is 1. The average Bonchev–Trinajstić information content (AvgIpc) is 2.90. The lowest BCUT2D eigenvalue weighted by molar-refractivity contribution is -0.138. The number of ether oxygens (including phenoxy) is 1. The maximum absolute atomic E-state index is 12.4. The van der Waals surface area contributed by atoms with Crippen LogP contribution in [-0.2, 0) is 14.4 Å². The minimum atomic E-state index is -1.11. The third kappa shape index (κ3) is 2.78. The van der Waals surface area contributed by atoms with E-state index in [0.717, 1.165) is 0 Å². The van der Waals surface area contributed by atoms with Gasteiger partial charge in [-0.25, -0.2) is 0 Å². The lowest BCUT2D eigenvalue weighted by Crippen LogP contribution is -2.31. The highest BCUT2D eigenvalue weighted by Gasteiger charge is 2.39. The van der Waals surface area contributed by atoms with Gasteiger partial charge in [0.15, 0.2) is 0 Å². The zero-order valence-corrected chi connectivity index (χ0v) is 12.3. The highest BCUT2D eigenvalue weighted by Crippen LogP contribution is 2.33. The fourth-order valence-electron chi connectivity index (χ4n) is 2.49. The summed E-state index contributed by atoms with van der Waals surface area (Å²) in [5, 5.41) is 5.10. The third-order valence-corrected chi connectivity index (χ3v) is 3.61. The maximum atomic E-state index is 12.4. The minimum absolute atomic E-state index is 0.425. The molecule has 0 saturated heterocycles. The van der Waals surface area contributed by atoms with Crippen molar-refractivity contribution in [1.82, 2.24) is 0 Å². The van der Waals surface area contributed by atoms with E-state index in [1.807, 2.05) is 0 Å². The second kappa shape index (κ2) is 5.92. The number of Topliss-reactive ketones (excluding diaryl/α,β-unsaturated/α-hetero) is 1. The number of fused-ring (bicyclic) bond motifs is 1. The summed E-state index contributed by atoms with van der Waals surface area (Å²) in [4.78, 5) is 36.5. The maximum Gasteiger partial charge on any atom is 0.292 e. The van der Waals surface area contributed by atoms with Crippen molar-refractivity contribution >= 4 is 29.0 Å². The summed E-state index contributed by atoms with van der Waals surface area (Å²) in [7, 11) is 1.51. The van der Waals surface area contributed by atoms with Crippen molar-refractivity contribution in [2.45, 2.75) is 5.92 Å². The predicted molar refractivity (Wildman–Crippen MR) is 84.4 cm³/mol. The number of hydrogen-bond donors (Lipinski definition) is 2. The molecule has 1 aliphatic heterocycles. The number of methoxy groups -OCH3 is 1. The predicted octanol–water partition coefficient (Wildman–Crippen LogP) is 1.94. The summed E-state index contributed by atoms with van der Waals surface area (Å²) in [5.74, 6) is -2.68. The standard InChI is InChI=1S/C17H14N2O4/c1-23-11-6-4-5-10(9-11)18-17(22)15(20)14-12-7-2-3-8-13(12)19-16(14)21/h2-9,14H,1H3,(H,18,22)(H,19,21)/t14-/m0/s1. The van der Waals surface area contributed by atoms with Gasteiger partial charge >= 0.3 is 0 Å². The molecule has 1 aliphatic rings. The first-order chi connectivity index (χ1) is 11.1. The van der Waals surface area contributed by atoms with Gasteiger partial charge in [0.1, 0.15) is 11.7 Å². The smallest absolute Gasteiger partial charge is 0.292 e. The van der Waals surface area contributed by atoms with Crippen LogP contribution in [0.15, 0.2) is 48.5 Å². The van der Waals surface area contributed by atoms with Gasteiger partial charge < -0.3 is 15.4 Å². The number of carbonyl (C=O) groups is 3. The number of benzene rings is 2. The molecule has 23 heavy (non-hydrogen) atoms. The van der Waals surface area contributed by atoms with E-state index in [1.54, 1.807) is 48.5 Å². The Morgan fingerprint density at radius 1 is 1.13 bits per heavy atom. The molecule has 6 nitrogen and oxygen atoms in total. The van der Waals surface area contributed by atoms with Crippen LogP contribution in [0.1, 0.15) is 11.5 Å². The zero-order valence-electron chi connectivity index (χ0n) is 12.3. The Morgan fingerprint density at radius 2 is 1.91 bits per heavy atom. The Labute approximate surface area is 132 Å². The molecule has 0 bridgehead atoms. The molecule has 2 amide bonds. The largest absolute Gasteiger partial charge is 0.497 e. The van der Waals surface area contributed by atoms with Gasteiger partial charge in [-0.1, -0.05) is 24.3 Å². The van der Waals surface area contributed by atoms with E-state index in [0.29, 0.717) is 22.7 Å². The number of rotatable bonds is 4. The van der Waals surface area contributed by atoms with Crippen LogP contribution in [0.3, 0.4) is 0 Å². The summed E-state index contributed by atoms with van der Waals surface area (Å²) in [5.41, 5.74) is 1.50. The van der Waals surface area contributed by atoms with Gasteiger partial charge in [0.05, 0.1) is 7.11 Å². The molecule has 0 spiro atoms. The van der Waals surface area contributed by atoms with Gasteiger partial charge in [-0.05, 0) is 23.8 Å². The molecule has 116 valence electrons. The zero-order chi connectivity index (χ0) is 16.4. The molecule has 2 N–H and O–H groups in total. The molecule has 0 saturated carbocycles. The van der Waals surface area contributed by atoms with Crippen molar-refractivity contribution in [3.8, 4) is 5.75 Å². The summed E-state index contributed by atoms with van der Waals surface area (Å²) in [6.07, 6.45) is 0. The summed E-state index contributed by atoms with van der Waals surface area (Å²) in [6.45, 7) is 0. The molecule has 0 aliphatic carbocycles. The molecule has 6 heteroatoms.